The van der Waals surface area contributed by atoms with Crippen LogP contribution in [0, 0.1) is 0 Å². The number of aromatic nitrogens is 4. The van der Waals surface area contributed by atoms with Gasteiger partial charge < -0.3 is 4.57 Å². The van der Waals surface area contributed by atoms with E-state index in [9.17, 15) is 0 Å². The Morgan fingerprint density at radius 2 is 2.12 bits per heavy atom. The van der Waals surface area contributed by atoms with Gasteiger partial charge in [-0.25, -0.2) is 4.98 Å². The fourth-order valence-corrected chi connectivity index (χ4v) is 1.87. The van der Waals surface area contributed by atoms with Crippen molar-refractivity contribution in [1.82, 2.24) is 19.3 Å². The molecule has 0 bridgehead atoms. The molecule has 0 saturated heterocycles. The predicted molar refractivity (Wildman–Crippen MR) is 67.9 cm³/mol. The molecule has 1 atom stereocenters. The number of hydrogen-bond donors (Lipinski definition) is 0. The Balaban J connectivity index is 2.11. The van der Waals surface area contributed by atoms with Crippen LogP contribution in [0.15, 0.2) is 24.7 Å². The summed E-state index contributed by atoms with van der Waals surface area (Å²) >= 11 is 0. The first kappa shape index (κ1) is 11.9. The lowest BCUT2D eigenvalue weighted by Gasteiger charge is -2.08. The number of rotatable bonds is 5. The molecular weight excluding hydrogens is 212 g/mol. The fourth-order valence-electron chi connectivity index (χ4n) is 1.87. The first-order valence-corrected chi connectivity index (χ1v) is 6.28. The molecule has 0 aliphatic heterocycles. The van der Waals surface area contributed by atoms with Gasteiger partial charge in [-0.3, -0.25) is 4.68 Å². The maximum Gasteiger partial charge on any atom is 0.108 e. The van der Waals surface area contributed by atoms with Gasteiger partial charge in [-0.05, 0) is 19.4 Å². The molecule has 2 aromatic rings. The second-order valence-corrected chi connectivity index (χ2v) is 4.37. The number of hydrogen-bond acceptors (Lipinski definition) is 2. The summed E-state index contributed by atoms with van der Waals surface area (Å²) in [6.07, 6.45) is 7.99. The third kappa shape index (κ3) is 2.57. The van der Waals surface area contributed by atoms with Gasteiger partial charge in [0, 0.05) is 31.1 Å². The van der Waals surface area contributed by atoms with Crippen molar-refractivity contribution in [2.75, 3.05) is 0 Å². The Hall–Kier alpha value is -1.58. The van der Waals surface area contributed by atoms with Gasteiger partial charge in [-0.2, -0.15) is 5.10 Å². The second kappa shape index (κ2) is 5.17. The maximum absolute atomic E-state index is 4.60. The highest BCUT2D eigenvalue weighted by molar-refractivity contribution is 5.03. The molecule has 0 saturated carbocycles. The van der Waals surface area contributed by atoms with E-state index in [0.29, 0.717) is 6.04 Å². The van der Waals surface area contributed by atoms with Crippen LogP contribution in [0.5, 0.6) is 0 Å². The van der Waals surface area contributed by atoms with Crippen molar-refractivity contribution in [2.24, 2.45) is 0 Å². The highest BCUT2D eigenvalue weighted by Gasteiger charge is 2.06. The molecule has 0 aliphatic rings. The summed E-state index contributed by atoms with van der Waals surface area (Å²) in [5, 5.41) is 4.60. The summed E-state index contributed by atoms with van der Waals surface area (Å²) < 4.78 is 4.20. The standard InChI is InChI=1S/C13H20N4/c1-4-11(3)17-8-6-12(15-17)10-16-9-7-14-13(16)5-2/h6-9,11H,4-5,10H2,1-3H3. The van der Waals surface area contributed by atoms with Crippen LogP contribution in [-0.2, 0) is 13.0 Å². The normalized spacial score (nSPS) is 12.9. The van der Waals surface area contributed by atoms with E-state index < -0.39 is 0 Å². The van der Waals surface area contributed by atoms with Crippen molar-refractivity contribution >= 4 is 0 Å². The molecule has 17 heavy (non-hydrogen) atoms. The molecule has 1 unspecified atom stereocenters. The van der Waals surface area contributed by atoms with Crippen molar-refractivity contribution in [3.63, 3.8) is 0 Å². The van der Waals surface area contributed by atoms with Crippen LogP contribution in [0.1, 0.15) is 44.8 Å². The minimum Gasteiger partial charge on any atom is -0.329 e. The number of imidazole rings is 1. The van der Waals surface area contributed by atoms with Gasteiger partial charge in [-0.1, -0.05) is 13.8 Å². The van der Waals surface area contributed by atoms with Gasteiger partial charge in [0.1, 0.15) is 5.82 Å². The minimum atomic E-state index is 0.470. The van der Waals surface area contributed by atoms with Crippen LogP contribution < -0.4 is 0 Å². The van der Waals surface area contributed by atoms with E-state index in [1.54, 1.807) is 0 Å². The van der Waals surface area contributed by atoms with E-state index in [1.165, 1.54) is 0 Å². The third-order valence-corrected chi connectivity index (χ3v) is 3.16. The van der Waals surface area contributed by atoms with E-state index >= 15 is 0 Å². The van der Waals surface area contributed by atoms with E-state index in [4.69, 9.17) is 0 Å². The van der Waals surface area contributed by atoms with Crippen molar-refractivity contribution in [3.05, 3.63) is 36.2 Å². The van der Waals surface area contributed by atoms with Gasteiger partial charge >= 0.3 is 0 Å². The van der Waals surface area contributed by atoms with Crippen molar-refractivity contribution < 1.29 is 0 Å². The second-order valence-electron chi connectivity index (χ2n) is 4.37. The minimum absolute atomic E-state index is 0.470. The lowest BCUT2D eigenvalue weighted by atomic mass is 10.3. The molecule has 2 rings (SSSR count). The lowest BCUT2D eigenvalue weighted by molar-refractivity contribution is 0.472. The van der Waals surface area contributed by atoms with E-state index in [-0.39, 0.29) is 0 Å². The van der Waals surface area contributed by atoms with Crippen molar-refractivity contribution in [3.8, 4) is 0 Å². The van der Waals surface area contributed by atoms with Gasteiger partial charge in [0.05, 0.1) is 12.2 Å². The largest absolute Gasteiger partial charge is 0.329 e. The Labute approximate surface area is 102 Å². The van der Waals surface area contributed by atoms with Gasteiger partial charge in [0.25, 0.3) is 0 Å². The van der Waals surface area contributed by atoms with Crippen LogP contribution in [0.4, 0.5) is 0 Å². The summed E-state index contributed by atoms with van der Waals surface area (Å²) in [6, 6.07) is 2.56. The van der Waals surface area contributed by atoms with Crippen LogP contribution in [0.2, 0.25) is 0 Å². The third-order valence-electron chi connectivity index (χ3n) is 3.16. The Bertz CT molecular complexity index is 469. The molecule has 0 aromatic carbocycles. The van der Waals surface area contributed by atoms with Crippen molar-refractivity contribution in [2.45, 2.75) is 46.2 Å². The van der Waals surface area contributed by atoms with E-state index in [0.717, 1.165) is 30.9 Å². The van der Waals surface area contributed by atoms with Crippen molar-refractivity contribution in [1.29, 1.82) is 0 Å². The summed E-state index contributed by atoms with van der Waals surface area (Å²) in [6.45, 7) is 7.30. The maximum atomic E-state index is 4.60. The quantitative estimate of drug-likeness (QED) is 0.794. The average molecular weight is 232 g/mol. The first-order valence-electron chi connectivity index (χ1n) is 6.28. The molecule has 92 valence electrons. The van der Waals surface area contributed by atoms with Gasteiger partial charge in [0.2, 0.25) is 0 Å². The topological polar surface area (TPSA) is 35.6 Å². The summed E-state index contributed by atoms with van der Waals surface area (Å²) in [5.41, 5.74) is 1.10. The monoisotopic (exact) mass is 232 g/mol. The molecule has 4 nitrogen and oxygen atoms in total. The Morgan fingerprint density at radius 1 is 1.29 bits per heavy atom. The van der Waals surface area contributed by atoms with Crippen LogP contribution >= 0.6 is 0 Å². The molecule has 0 radical (unpaired) electrons. The molecule has 2 aromatic heterocycles. The lowest BCUT2D eigenvalue weighted by Crippen LogP contribution is -2.07. The van der Waals surface area contributed by atoms with Crippen LogP contribution in [-0.4, -0.2) is 19.3 Å². The van der Waals surface area contributed by atoms with Gasteiger partial charge in [0.15, 0.2) is 0 Å². The smallest absolute Gasteiger partial charge is 0.108 e. The predicted octanol–water partition coefficient (Wildman–Crippen LogP) is 2.66. The Kier molecular flexibility index (Phi) is 3.61. The van der Waals surface area contributed by atoms with Gasteiger partial charge in [-0.15, -0.1) is 0 Å². The van der Waals surface area contributed by atoms with Crippen LogP contribution in [0.3, 0.4) is 0 Å². The average Bonchev–Trinajstić information content (AvgIpc) is 2.97. The molecule has 0 aliphatic carbocycles. The fraction of sp³-hybridized carbons (Fsp3) is 0.538. The molecule has 2 heterocycles. The highest BCUT2D eigenvalue weighted by atomic mass is 15.3. The summed E-state index contributed by atoms with van der Waals surface area (Å²) in [4.78, 5) is 4.32. The first-order chi connectivity index (χ1) is 8.24. The molecule has 0 N–H and O–H groups in total. The zero-order valence-electron chi connectivity index (χ0n) is 10.8. The highest BCUT2D eigenvalue weighted by Crippen LogP contribution is 2.10. The zero-order chi connectivity index (χ0) is 12.3. The van der Waals surface area contributed by atoms with E-state index in [2.05, 4.69) is 47.7 Å². The summed E-state index contributed by atoms with van der Waals surface area (Å²) in [7, 11) is 0. The molecule has 0 spiro atoms. The molecular formula is C13H20N4. The SMILES string of the molecule is CCc1nccn1Cc1ccn(C(C)CC)n1. The zero-order valence-corrected chi connectivity index (χ0v) is 10.8. The van der Waals surface area contributed by atoms with Crippen LogP contribution in [0.25, 0.3) is 0 Å². The summed E-state index contributed by atoms with van der Waals surface area (Å²) in [5.74, 6) is 1.11. The number of aryl methyl sites for hydroxylation is 1. The Morgan fingerprint density at radius 3 is 2.82 bits per heavy atom. The molecule has 0 amide bonds. The molecule has 4 heteroatoms. The number of nitrogens with zero attached hydrogens (tertiary/aromatic N) is 4. The van der Waals surface area contributed by atoms with E-state index in [1.807, 2.05) is 17.1 Å². The molecule has 0 fully saturated rings.